The molecule has 0 radical (unpaired) electrons. The van der Waals surface area contributed by atoms with Gasteiger partial charge in [-0.3, -0.25) is 15.0 Å². The van der Waals surface area contributed by atoms with E-state index >= 15 is 0 Å². The van der Waals surface area contributed by atoms with Gasteiger partial charge < -0.3 is 10.6 Å². The maximum absolute atomic E-state index is 13.1. The molecule has 0 aromatic heterocycles. The first-order chi connectivity index (χ1) is 17.4. The molecule has 3 rings (SSSR count). The minimum absolute atomic E-state index is 0.201. The molecule has 3 N–H and O–H groups in total. The lowest BCUT2D eigenvalue weighted by Crippen LogP contribution is -2.36. The lowest BCUT2D eigenvalue weighted by atomic mass is 10.2. The molecule has 9 heteroatoms. The highest BCUT2D eigenvalue weighted by atomic mass is 35.5. The molecular formula is C27H28Cl2N4O3. The van der Waals surface area contributed by atoms with E-state index in [1.54, 1.807) is 59.5 Å². The number of urea groups is 2. The van der Waals surface area contributed by atoms with Crippen LogP contribution in [0.5, 0.6) is 0 Å². The number of hydrogen-bond acceptors (Lipinski definition) is 3. The van der Waals surface area contributed by atoms with Gasteiger partial charge in [0.05, 0.1) is 10.6 Å². The fraction of sp³-hybridized carbons (Fsp3) is 0.222. The topological polar surface area (TPSA) is 90.5 Å². The zero-order valence-electron chi connectivity index (χ0n) is 19.9. The molecular weight excluding hydrogens is 499 g/mol. The quantitative estimate of drug-likeness (QED) is 0.251. The van der Waals surface area contributed by atoms with Crippen molar-refractivity contribution in [2.24, 2.45) is 0 Å². The summed E-state index contributed by atoms with van der Waals surface area (Å²) in [5.74, 6) is -0.608. The average Bonchev–Trinajstić information content (AvgIpc) is 2.86. The van der Waals surface area contributed by atoms with Gasteiger partial charge in [0.1, 0.15) is 0 Å². The highest BCUT2D eigenvalue weighted by Gasteiger charge is 2.16. The maximum Gasteiger partial charge on any atom is 0.326 e. The molecule has 0 atom stereocenters. The monoisotopic (exact) mass is 526 g/mol. The predicted molar refractivity (Wildman–Crippen MR) is 146 cm³/mol. The van der Waals surface area contributed by atoms with Crippen LogP contribution in [0.3, 0.4) is 0 Å². The summed E-state index contributed by atoms with van der Waals surface area (Å²) in [6.45, 7) is 2.72. The number of hydrogen-bond donors (Lipinski definition) is 3. The van der Waals surface area contributed by atoms with Crippen molar-refractivity contribution < 1.29 is 14.4 Å². The van der Waals surface area contributed by atoms with E-state index in [1.807, 2.05) is 12.1 Å². The summed E-state index contributed by atoms with van der Waals surface area (Å²) in [6, 6.07) is 19.2. The first kappa shape index (κ1) is 27.0. The van der Waals surface area contributed by atoms with Crippen molar-refractivity contribution >= 4 is 58.2 Å². The molecule has 0 fully saturated rings. The normalized spacial score (nSPS) is 10.4. The molecule has 0 spiro atoms. The molecule has 0 unspecified atom stereocenters. The van der Waals surface area contributed by atoms with Gasteiger partial charge in [-0.1, -0.05) is 61.5 Å². The zero-order valence-corrected chi connectivity index (χ0v) is 21.4. The molecule has 3 aromatic carbocycles. The van der Waals surface area contributed by atoms with Gasteiger partial charge in [0.15, 0.2) is 0 Å². The third-order valence-corrected chi connectivity index (χ3v) is 5.94. The number of benzene rings is 3. The molecule has 0 aliphatic carbocycles. The van der Waals surface area contributed by atoms with Crippen molar-refractivity contribution in [3.8, 4) is 0 Å². The van der Waals surface area contributed by atoms with Crippen LogP contribution in [0.4, 0.5) is 26.7 Å². The van der Waals surface area contributed by atoms with E-state index in [9.17, 15) is 14.4 Å². The standard InChI is InChI=1S/C27H28Cl2N4O3/c1-2-3-4-7-18-33(22-16-10-19(28)11-17-22)27(36)31-21-14-12-20(13-15-21)30-26(35)32-25(34)23-8-5-6-9-24(23)29/h5-6,8-17H,2-4,7,18H2,1H3,(H,31,36)(H2,30,32,34,35). The van der Waals surface area contributed by atoms with Crippen LogP contribution in [-0.4, -0.2) is 24.5 Å². The van der Waals surface area contributed by atoms with Gasteiger partial charge in [0, 0.05) is 28.6 Å². The Morgan fingerprint density at radius 3 is 2.06 bits per heavy atom. The van der Waals surface area contributed by atoms with E-state index < -0.39 is 11.9 Å². The minimum atomic E-state index is -0.697. The van der Waals surface area contributed by atoms with Gasteiger partial charge in [-0.05, 0) is 67.1 Å². The van der Waals surface area contributed by atoms with Crippen LogP contribution >= 0.6 is 23.2 Å². The second kappa shape index (κ2) is 13.5. The Morgan fingerprint density at radius 1 is 0.778 bits per heavy atom. The molecule has 0 saturated heterocycles. The Balaban J connectivity index is 1.59. The van der Waals surface area contributed by atoms with E-state index in [-0.39, 0.29) is 16.6 Å². The van der Waals surface area contributed by atoms with Crippen LogP contribution in [0.25, 0.3) is 0 Å². The van der Waals surface area contributed by atoms with Crippen LogP contribution in [0.1, 0.15) is 43.0 Å². The number of anilines is 3. The first-order valence-electron chi connectivity index (χ1n) is 11.7. The number of nitrogens with one attached hydrogen (secondary N) is 3. The number of amides is 5. The second-order valence-electron chi connectivity index (χ2n) is 8.08. The third kappa shape index (κ3) is 8.00. The van der Waals surface area contributed by atoms with Crippen molar-refractivity contribution in [2.75, 3.05) is 22.1 Å². The number of rotatable bonds is 9. The van der Waals surface area contributed by atoms with Crippen LogP contribution in [0.2, 0.25) is 10.0 Å². The number of nitrogens with zero attached hydrogens (tertiary/aromatic N) is 1. The Morgan fingerprint density at radius 2 is 1.42 bits per heavy atom. The van der Waals surface area contributed by atoms with E-state index in [4.69, 9.17) is 23.2 Å². The van der Waals surface area contributed by atoms with Crippen molar-refractivity contribution in [3.63, 3.8) is 0 Å². The molecule has 7 nitrogen and oxygen atoms in total. The first-order valence-corrected chi connectivity index (χ1v) is 12.4. The Kier molecular flexibility index (Phi) is 10.2. The number of carbonyl (C=O) groups is 3. The average molecular weight is 527 g/mol. The van der Waals surface area contributed by atoms with Crippen molar-refractivity contribution in [1.29, 1.82) is 0 Å². The van der Waals surface area contributed by atoms with Crippen molar-refractivity contribution in [3.05, 3.63) is 88.4 Å². The van der Waals surface area contributed by atoms with E-state index in [1.165, 1.54) is 6.07 Å². The molecule has 36 heavy (non-hydrogen) atoms. The fourth-order valence-corrected chi connectivity index (χ4v) is 3.82. The Labute approximate surface area is 220 Å². The smallest absolute Gasteiger partial charge is 0.308 e. The lowest BCUT2D eigenvalue weighted by molar-refractivity contribution is 0.0967. The summed E-state index contributed by atoms with van der Waals surface area (Å²) in [5.41, 5.74) is 1.97. The predicted octanol–water partition coefficient (Wildman–Crippen LogP) is 7.57. The fourth-order valence-electron chi connectivity index (χ4n) is 3.47. The molecule has 5 amide bonds. The molecule has 0 saturated carbocycles. The molecule has 188 valence electrons. The Bertz CT molecular complexity index is 1180. The van der Waals surface area contributed by atoms with Gasteiger partial charge in [-0.25, -0.2) is 9.59 Å². The molecule has 0 aliphatic heterocycles. The lowest BCUT2D eigenvalue weighted by Gasteiger charge is -2.23. The summed E-state index contributed by atoms with van der Waals surface area (Å²) in [6.07, 6.45) is 4.14. The number of carbonyl (C=O) groups excluding carboxylic acids is 3. The summed E-state index contributed by atoms with van der Waals surface area (Å²) in [4.78, 5) is 39.2. The SMILES string of the molecule is CCCCCCN(C(=O)Nc1ccc(NC(=O)NC(=O)c2ccccc2Cl)cc1)c1ccc(Cl)cc1. The molecule has 3 aromatic rings. The molecule has 0 heterocycles. The summed E-state index contributed by atoms with van der Waals surface area (Å²) >= 11 is 12.0. The van der Waals surface area contributed by atoms with E-state index in [2.05, 4.69) is 22.9 Å². The van der Waals surface area contributed by atoms with Crippen molar-refractivity contribution in [1.82, 2.24) is 5.32 Å². The van der Waals surface area contributed by atoms with Crippen LogP contribution < -0.4 is 20.9 Å². The highest BCUT2D eigenvalue weighted by molar-refractivity contribution is 6.34. The van der Waals surface area contributed by atoms with E-state index in [0.29, 0.717) is 22.9 Å². The van der Waals surface area contributed by atoms with Gasteiger partial charge >= 0.3 is 12.1 Å². The van der Waals surface area contributed by atoms with Gasteiger partial charge in [-0.15, -0.1) is 0 Å². The second-order valence-corrected chi connectivity index (χ2v) is 8.93. The van der Waals surface area contributed by atoms with Gasteiger partial charge in [0.25, 0.3) is 5.91 Å². The minimum Gasteiger partial charge on any atom is -0.308 e. The van der Waals surface area contributed by atoms with Crippen LogP contribution in [0, 0.1) is 0 Å². The van der Waals surface area contributed by atoms with E-state index in [0.717, 1.165) is 31.4 Å². The zero-order chi connectivity index (χ0) is 25.9. The van der Waals surface area contributed by atoms with Gasteiger partial charge in [-0.2, -0.15) is 0 Å². The van der Waals surface area contributed by atoms with Crippen LogP contribution in [-0.2, 0) is 0 Å². The van der Waals surface area contributed by atoms with Gasteiger partial charge in [0.2, 0.25) is 0 Å². The summed E-state index contributed by atoms with van der Waals surface area (Å²) in [5, 5.41) is 8.57. The summed E-state index contributed by atoms with van der Waals surface area (Å²) in [7, 11) is 0. The maximum atomic E-state index is 13.1. The van der Waals surface area contributed by atoms with Crippen molar-refractivity contribution in [2.45, 2.75) is 32.6 Å². The number of halogens is 2. The summed E-state index contributed by atoms with van der Waals surface area (Å²) < 4.78 is 0. The highest BCUT2D eigenvalue weighted by Crippen LogP contribution is 2.21. The largest absolute Gasteiger partial charge is 0.326 e. The molecule has 0 bridgehead atoms. The molecule has 0 aliphatic rings. The number of unbranched alkanes of at least 4 members (excludes halogenated alkanes) is 3. The Hall–Kier alpha value is -3.55. The van der Waals surface area contributed by atoms with Crippen LogP contribution in [0.15, 0.2) is 72.8 Å². The number of imide groups is 1. The third-order valence-electron chi connectivity index (χ3n) is 5.36.